The molecular formula is C12H14BrNO2. The largest absolute Gasteiger partial charge is 0.368 e. The number of carbonyl (C=O) groups is 1. The highest BCUT2D eigenvalue weighted by molar-refractivity contribution is 9.10. The van der Waals surface area contributed by atoms with E-state index in [1.807, 2.05) is 24.3 Å². The Hall–Kier alpha value is -0.870. The first-order valence-electron chi connectivity index (χ1n) is 5.39. The van der Waals surface area contributed by atoms with Crippen molar-refractivity contribution in [2.45, 2.75) is 25.5 Å². The lowest BCUT2D eigenvalue weighted by atomic mass is 10.2. The van der Waals surface area contributed by atoms with Crippen LogP contribution in [0.1, 0.15) is 18.4 Å². The molecule has 1 heterocycles. The molecule has 1 fully saturated rings. The van der Waals surface area contributed by atoms with E-state index in [0.717, 1.165) is 22.9 Å². The maximum absolute atomic E-state index is 11.7. The third-order valence-electron chi connectivity index (χ3n) is 2.58. The maximum atomic E-state index is 11.7. The molecule has 4 heteroatoms. The molecule has 0 bridgehead atoms. The van der Waals surface area contributed by atoms with Crippen molar-refractivity contribution >= 4 is 21.8 Å². The topological polar surface area (TPSA) is 38.3 Å². The summed E-state index contributed by atoms with van der Waals surface area (Å²) >= 11 is 3.40. The molecule has 0 aromatic heterocycles. The highest BCUT2D eigenvalue weighted by Crippen LogP contribution is 2.13. The SMILES string of the molecule is O=C(NCc1cccc(Br)c1)C1CCCO1. The Morgan fingerprint density at radius 3 is 3.12 bits per heavy atom. The Morgan fingerprint density at radius 1 is 1.56 bits per heavy atom. The van der Waals surface area contributed by atoms with Gasteiger partial charge in [-0.3, -0.25) is 4.79 Å². The molecule has 1 amide bonds. The number of amides is 1. The standard InChI is InChI=1S/C12H14BrNO2/c13-10-4-1-3-9(7-10)8-14-12(15)11-5-2-6-16-11/h1,3-4,7,11H,2,5-6,8H2,(H,14,15). The minimum Gasteiger partial charge on any atom is -0.368 e. The Kier molecular flexibility index (Phi) is 3.96. The van der Waals surface area contributed by atoms with Gasteiger partial charge in [-0.2, -0.15) is 0 Å². The second-order valence-corrected chi connectivity index (χ2v) is 4.77. The third-order valence-corrected chi connectivity index (χ3v) is 3.07. The van der Waals surface area contributed by atoms with Crippen LogP contribution in [0.4, 0.5) is 0 Å². The highest BCUT2D eigenvalue weighted by atomic mass is 79.9. The van der Waals surface area contributed by atoms with E-state index in [1.54, 1.807) is 0 Å². The molecular weight excluding hydrogens is 270 g/mol. The van der Waals surface area contributed by atoms with Gasteiger partial charge in [0, 0.05) is 17.6 Å². The average Bonchev–Trinajstić information content (AvgIpc) is 2.79. The highest BCUT2D eigenvalue weighted by Gasteiger charge is 2.22. The lowest BCUT2D eigenvalue weighted by Crippen LogP contribution is -2.33. The molecule has 0 aliphatic carbocycles. The summed E-state index contributed by atoms with van der Waals surface area (Å²) in [5.41, 5.74) is 1.08. The van der Waals surface area contributed by atoms with Gasteiger partial charge in [0.25, 0.3) is 0 Å². The van der Waals surface area contributed by atoms with Crippen molar-refractivity contribution < 1.29 is 9.53 Å². The van der Waals surface area contributed by atoms with E-state index in [0.29, 0.717) is 13.2 Å². The zero-order valence-electron chi connectivity index (χ0n) is 8.91. The molecule has 1 aromatic carbocycles. The molecule has 1 atom stereocenters. The molecule has 1 unspecified atom stereocenters. The zero-order chi connectivity index (χ0) is 11.4. The van der Waals surface area contributed by atoms with Crippen molar-refractivity contribution in [2.75, 3.05) is 6.61 Å². The van der Waals surface area contributed by atoms with Crippen LogP contribution in [0.2, 0.25) is 0 Å². The van der Waals surface area contributed by atoms with Gasteiger partial charge in [-0.25, -0.2) is 0 Å². The average molecular weight is 284 g/mol. The van der Waals surface area contributed by atoms with Crippen LogP contribution in [0.3, 0.4) is 0 Å². The Bertz CT molecular complexity index is 375. The number of carbonyl (C=O) groups excluding carboxylic acids is 1. The summed E-state index contributed by atoms with van der Waals surface area (Å²) in [4.78, 5) is 11.7. The summed E-state index contributed by atoms with van der Waals surface area (Å²) in [7, 11) is 0. The normalized spacial score (nSPS) is 19.7. The summed E-state index contributed by atoms with van der Waals surface area (Å²) < 4.78 is 6.33. The molecule has 0 spiro atoms. The molecule has 1 aliphatic rings. The lowest BCUT2D eigenvalue weighted by molar-refractivity contribution is -0.130. The van der Waals surface area contributed by atoms with Gasteiger partial charge in [-0.1, -0.05) is 28.1 Å². The smallest absolute Gasteiger partial charge is 0.249 e. The van der Waals surface area contributed by atoms with Crippen molar-refractivity contribution in [3.63, 3.8) is 0 Å². The minimum atomic E-state index is -0.243. The number of rotatable bonds is 3. The summed E-state index contributed by atoms with van der Waals surface area (Å²) in [6.07, 6.45) is 1.58. The summed E-state index contributed by atoms with van der Waals surface area (Å²) in [6, 6.07) is 7.90. The van der Waals surface area contributed by atoms with Gasteiger partial charge in [0.2, 0.25) is 5.91 Å². The fraction of sp³-hybridized carbons (Fsp3) is 0.417. The first-order valence-corrected chi connectivity index (χ1v) is 6.19. The van der Waals surface area contributed by atoms with Crippen molar-refractivity contribution in [3.05, 3.63) is 34.3 Å². The van der Waals surface area contributed by atoms with Crippen molar-refractivity contribution in [1.82, 2.24) is 5.32 Å². The number of ether oxygens (including phenoxy) is 1. The Morgan fingerprint density at radius 2 is 2.44 bits per heavy atom. The summed E-state index contributed by atoms with van der Waals surface area (Å²) in [5, 5.41) is 2.88. The maximum Gasteiger partial charge on any atom is 0.249 e. The molecule has 1 saturated heterocycles. The predicted octanol–water partition coefficient (Wildman–Crippen LogP) is 2.24. The quantitative estimate of drug-likeness (QED) is 0.924. The number of hydrogen-bond acceptors (Lipinski definition) is 2. The van der Waals surface area contributed by atoms with Crippen LogP contribution >= 0.6 is 15.9 Å². The molecule has 16 heavy (non-hydrogen) atoms. The fourth-order valence-corrected chi connectivity index (χ4v) is 2.18. The van der Waals surface area contributed by atoms with Crippen LogP contribution in [-0.2, 0) is 16.1 Å². The van der Waals surface area contributed by atoms with Crippen molar-refractivity contribution in [1.29, 1.82) is 0 Å². The van der Waals surface area contributed by atoms with Crippen molar-refractivity contribution in [2.24, 2.45) is 0 Å². The van der Waals surface area contributed by atoms with Gasteiger partial charge in [0.15, 0.2) is 0 Å². The van der Waals surface area contributed by atoms with E-state index in [4.69, 9.17) is 4.74 Å². The minimum absolute atomic E-state index is 0.00234. The molecule has 3 nitrogen and oxygen atoms in total. The second kappa shape index (κ2) is 5.46. The van der Waals surface area contributed by atoms with E-state index < -0.39 is 0 Å². The molecule has 1 aliphatic heterocycles. The van der Waals surface area contributed by atoms with Gasteiger partial charge in [0.1, 0.15) is 6.10 Å². The Labute approximate surface area is 103 Å². The van der Waals surface area contributed by atoms with Crippen LogP contribution in [0.15, 0.2) is 28.7 Å². The van der Waals surface area contributed by atoms with Crippen LogP contribution in [-0.4, -0.2) is 18.6 Å². The second-order valence-electron chi connectivity index (χ2n) is 3.85. The van der Waals surface area contributed by atoms with Gasteiger partial charge >= 0.3 is 0 Å². The Balaban J connectivity index is 1.84. The number of benzene rings is 1. The zero-order valence-corrected chi connectivity index (χ0v) is 10.5. The fourth-order valence-electron chi connectivity index (χ4n) is 1.73. The van der Waals surface area contributed by atoms with Crippen LogP contribution in [0.5, 0.6) is 0 Å². The monoisotopic (exact) mass is 283 g/mol. The van der Waals surface area contributed by atoms with E-state index in [-0.39, 0.29) is 12.0 Å². The number of hydrogen-bond donors (Lipinski definition) is 1. The third kappa shape index (κ3) is 3.06. The summed E-state index contributed by atoms with van der Waals surface area (Å²) in [6.45, 7) is 1.26. The lowest BCUT2D eigenvalue weighted by Gasteiger charge is -2.10. The van der Waals surface area contributed by atoms with E-state index >= 15 is 0 Å². The molecule has 0 radical (unpaired) electrons. The van der Waals surface area contributed by atoms with E-state index in [9.17, 15) is 4.79 Å². The van der Waals surface area contributed by atoms with Gasteiger partial charge in [0.05, 0.1) is 0 Å². The van der Waals surface area contributed by atoms with Crippen LogP contribution < -0.4 is 5.32 Å². The van der Waals surface area contributed by atoms with E-state index in [2.05, 4.69) is 21.2 Å². The van der Waals surface area contributed by atoms with Gasteiger partial charge in [-0.05, 0) is 30.5 Å². The van der Waals surface area contributed by atoms with Crippen LogP contribution in [0.25, 0.3) is 0 Å². The molecule has 86 valence electrons. The predicted molar refractivity (Wildman–Crippen MR) is 65.0 cm³/mol. The van der Waals surface area contributed by atoms with E-state index in [1.165, 1.54) is 0 Å². The number of nitrogens with one attached hydrogen (secondary N) is 1. The first kappa shape index (κ1) is 11.6. The molecule has 1 N–H and O–H groups in total. The molecule has 2 rings (SSSR count). The summed E-state index contributed by atoms with van der Waals surface area (Å²) in [5.74, 6) is -0.00234. The van der Waals surface area contributed by atoms with Gasteiger partial charge < -0.3 is 10.1 Å². The first-order chi connectivity index (χ1) is 7.75. The van der Waals surface area contributed by atoms with Crippen molar-refractivity contribution in [3.8, 4) is 0 Å². The molecule has 1 aromatic rings. The molecule has 0 saturated carbocycles. The van der Waals surface area contributed by atoms with Gasteiger partial charge in [-0.15, -0.1) is 0 Å². The number of halogens is 1. The van der Waals surface area contributed by atoms with Crippen LogP contribution in [0, 0.1) is 0 Å².